The Hall–Kier alpha value is -2.97. The van der Waals surface area contributed by atoms with Crippen LogP contribution in [0.4, 0.5) is 4.79 Å². The lowest BCUT2D eigenvalue weighted by Crippen LogP contribution is -2.62. The lowest BCUT2D eigenvalue weighted by molar-refractivity contribution is -0.137. The van der Waals surface area contributed by atoms with Gasteiger partial charge < -0.3 is 14.6 Å². The molecule has 2 aliphatic rings. The molecule has 2 atom stereocenters. The Bertz CT molecular complexity index is 1010. The first kappa shape index (κ1) is 18.1. The number of benzene rings is 1. The second-order valence-corrected chi connectivity index (χ2v) is 7.75. The standard InChI is InChI=1S/C21H22N4O4/c26-20(29-11-15-4-2-1-3-5-15)25-17-8-21(27,9-18(25)13-28-12-17)16-6-7-19-23-22-14-24(19)10-16/h1-7,10,14,17-18,27H,8-9,11-13H2. The van der Waals surface area contributed by atoms with Gasteiger partial charge in [-0.05, 0) is 11.6 Å². The topological polar surface area (TPSA) is 89.2 Å². The minimum atomic E-state index is -1.05. The van der Waals surface area contributed by atoms with Crippen LogP contribution in [0.3, 0.4) is 0 Å². The first-order chi connectivity index (χ1) is 14.1. The Labute approximate surface area is 167 Å². The largest absolute Gasteiger partial charge is 0.445 e. The minimum Gasteiger partial charge on any atom is -0.445 e. The molecule has 0 radical (unpaired) electrons. The van der Waals surface area contributed by atoms with Gasteiger partial charge in [0.1, 0.15) is 12.9 Å². The van der Waals surface area contributed by atoms with E-state index in [1.165, 1.54) is 0 Å². The summed E-state index contributed by atoms with van der Waals surface area (Å²) in [5.41, 5.74) is 1.41. The molecular formula is C21H22N4O4. The zero-order valence-corrected chi connectivity index (χ0v) is 15.8. The van der Waals surface area contributed by atoms with E-state index in [1.807, 2.05) is 48.7 Å². The Morgan fingerprint density at radius 3 is 2.69 bits per heavy atom. The fourth-order valence-electron chi connectivity index (χ4n) is 4.41. The number of nitrogens with zero attached hydrogens (tertiary/aromatic N) is 4. The molecule has 0 spiro atoms. The normalized spacial score (nSPS) is 26.4. The minimum absolute atomic E-state index is 0.227. The Morgan fingerprint density at radius 1 is 1.17 bits per heavy atom. The molecule has 0 saturated carbocycles. The van der Waals surface area contributed by atoms with Crippen LogP contribution in [-0.4, -0.2) is 56.0 Å². The number of aliphatic hydroxyl groups is 1. The second kappa shape index (κ2) is 7.13. The molecule has 8 heteroatoms. The maximum absolute atomic E-state index is 12.8. The van der Waals surface area contributed by atoms with Crippen LogP contribution in [0, 0.1) is 0 Å². The van der Waals surface area contributed by atoms with Crippen molar-refractivity contribution in [2.24, 2.45) is 0 Å². The van der Waals surface area contributed by atoms with Crippen molar-refractivity contribution < 1.29 is 19.4 Å². The lowest BCUT2D eigenvalue weighted by Gasteiger charge is -2.50. The van der Waals surface area contributed by atoms with E-state index in [-0.39, 0.29) is 24.8 Å². The highest BCUT2D eigenvalue weighted by molar-refractivity contribution is 5.69. The number of ether oxygens (including phenoxy) is 2. The number of amides is 1. The number of morpholine rings is 1. The van der Waals surface area contributed by atoms with Crippen LogP contribution in [-0.2, 0) is 21.7 Å². The van der Waals surface area contributed by atoms with Crippen molar-refractivity contribution in [3.05, 3.63) is 66.1 Å². The molecule has 2 unspecified atom stereocenters. The zero-order chi connectivity index (χ0) is 19.8. The van der Waals surface area contributed by atoms with E-state index in [1.54, 1.807) is 15.6 Å². The Morgan fingerprint density at radius 2 is 1.93 bits per heavy atom. The number of hydrogen-bond donors (Lipinski definition) is 1. The van der Waals surface area contributed by atoms with Gasteiger partial charge in [-0.1, -0.05) is 36.4 Å². The fourth-order valence-corrected chi connectivity index (χ4v) is 4.41. The molecule has 1 N–H and O–H groups in total. The molecule has 150 valence electrons. The van der Waals surface area contributed by atoms with Crippen LogP contribution in [0.15, 0.2) is 55.0 Å². The van der Waals surface area contributed by atoms with Crippen LogP contribution >= 0.6 is 0 Å². The summed E-state index contributed by atoms with van der Waals surface area (Å²) in [6.45, 7) is 0.993. The molecule has 29 heavy (non-hydrogen) atoms. The lowest BCUT2D eigenvalue weighted by atomic mass is 9.77. The molecule has 8 nitrogen and oxygen atoms in total. The third-order valence-corrected chi connectivity index (χ3v) is 5.80. The highest BCUT2D eigenvalue weighted by atomic mass is 16.6. The Balaban J connectivity index is 1.34. The van der Waals surface area contributed by atoms with Crippen LogP contribution in [0.2, 0.25) is 0 Å². The van der Waals surface area contributed by atoms with Crippen LogP contribution < -0.4 is 0 Å². The third-order valence-electron chi connectivity index (χ3n) is 5.80. The van der Waals surface area contributed by atoms with Crippen molar-refractivity contribution in [3.63, 3.8) is 0 Å². The van der Waals surface area contributed by atoms with Gasteiger partial charge in [-0.15, -0.1) is 10.2 Å². The molecule has 2 fully saturated rings. The zero-order valence-electron chi connectivity index (χ0n) is 15.8. The molecule has 3 aromatic rings. The van der Waals surface area contributed by atoms with Crippen LogP contribution in [0.1, 0.15) is 24.0 Å². The monoisotopic (exact) mass is 394 g/mol. The molecule has 2 saturated heterocycles. The first-order valence-corrected chi connectivity index (χ1v) is 9.71. The maximum Gasteiger partial charge on any atom is 0.410 e. The van der Waals surface area contributed by atoms with E-state index in [0.29, 0.717) is 26.1 Å². The van der Waals surface area contributed by atoms with Gasteiger partial charge >= 0.3 is 6.09 Å². The van der Waals surface area contributed by atoms with E-state index in [9.17, 15) is 9.90 Å². The predicted octanol–water partition coefficient (Wildman–Crippen LogP) is 2.12. The molecule has 4 heterocycles. The highest BCUT2D eigenvalue weighted by Gasteiger charge is 2.49. The number of rotatable bonds is 3. The summed E-state index contributed by atoms with van der Waals surface area (Å²) in [4.78, 5) is 14.6. The summed E-state index contributed by atoms with van der Waals surface area (Å²) in [5, 5.41) is 19.4. The average molecular weight is 394 g/mol. The number of carbonyl (C=O) groups is 1. The number of hydrogen-bond acceptors (Lipinski definition) is 6. The average Bonchev–Trinajstić information content (AvgIpc) is 3.20. The number of fused-ring (bicyclic) bond motifs is 3. The van der Waals surface area contributed by atoms with Crippen molar-refractivity contribution in [2.75, 3.05) is 13.2 Å². The molecule has 0 aliphatic carbocycles. The summed E-state index contributed by atoms with van der Waals surface area (Å²) in [5.74, 6) is 0. The van der Waals surface area contributed by atoms with Gasteiger partial charge in [0.15, 0.2) is 5.65 Å². The summed E-state index contributed by atoms with van der Waals surface area (Å²) < 4.78 is 13.0. The van der Waals surface area contributed by atoms with E-state index >= 15 is 0 Å². The SMILES string of the molecule is O=C(OCc1ccccc1)N1C2COCC1CC(O)(c1ccc3nncn3c1)C2. The fraction of sp³-hybridized carbons (Fsp3) is 0.381. The van der Waals surface area contributed by atoms with E-state index in [2.05, 4.69) is 10.2 Å². The maximum atomic E-state index is 12.8. The van der Waals surface area contributed by atoms with Crippen LogP contribution in [0.5, 0.6) is 0 Å². The number of aromatic nitrogens is 3. The van der Waals surface area contributed by atoms with E-state index < -0.39 is 5.60 Å². The molecule has 5 rings (SSSR count). The number of piperidine rings is 1. The number of carbonyl (C=O) groups excluding carboxylic acids is 1. The second-order valence-electron chi connectivity index (χ2n) is 7.75. The van der Waals surface area contributed by atoms with Gasteiger partial charge in [-0.3, -0.25) is 9.30 Å². The van der Waals surface area contributed by atoms with Gasteiger partial charge in [0, 0.05) is 24.6 Å². The summed E-state index contributed by atoms with van der Waals surface area (Å²) in [6.07, 6.45) is 3.88. The smallest absolute Gasteiger partial charge is 0.410 e. The quantitative estimate of drug-likeness (QED) is 0.732. The highest BCUT2D eigenvalue weighted by Crippen LogP contribution is 2.41. The predicted molar refractivity (Wildman–Crippen MR) is 103 cm³/mol. The van der Waals surface area contributed by atoms with Crippen molar-refractivity contribution in [1.29, 1.82) is 0 Å². The molecular weight excluding hydrogens is 372 g/mol. The third kappa shape index (κ3) is 3.34. The molecule has 2 bridgehead atoms. The van der Waals surface area contributed by atoms with Gasteiger partial charge in [-0.2, -0.15) is 0 Å². The van der Waals surface area contributed by atoms with Gasteiger partial charge in [0.2, 0.25) is 0 Å². The van der Waals surface area contributed by atoms with Gasteiger partial charge in [0.25, 0.3) is 0 Å². The van der Waals surface area contributed by atoms with Crippen molar-refractivity contribution >= 4 is 11.7 Å². The molecule has 2 aliphatic heterocycles. The van der Waals surface area contributed by atoms with Crippen molar-refractivity contribution in [3.8, 4) is 0 Å². The van der Waals surface area contributed by atoms with Crippen molar-refractivity contribution in [2.45, 2.75) is 37.1 Å². The summed E-state index contributed by atoms with van der Waals surface area (Å²) >= 11 is 0. The number of pyridine rings is 1. The van der Waals surface area contributed by atoms with E-state index in [4.69, 9.17) is 9.47 Å². The van der Waals surface area contributed by atoms with Gasteiger partial charge in [-0.25, -0.2) is 4.79 Å². The van der Waals surface area contributed by atoms with Crippen LogP contribution in [0.25, 0.3) is 5.65 Å². The molecule has 1 aromatic carbocycles. The summed E-state index contributed by atoms with van der Waals surface area (Å²) in [6, 6.07) is 12.8. The molecule has 1 amide bonds. The Kier molecular flexibility index (Phi) is 4.44. The van der Waals surface area contributed by atoms with E-state index in [0.717, 1.165) is 16.8 Å². The summed E-state index contributed by atoms with van der Waals surface area (Å²) in [7, 11) is 0. The van der Waals surface area contributed by atoms with Gasteiger partial charge in [0.05, 0.1) is 30.9 Å². The molecule has 2 aromatic heterocycles. The first-order valence-electron chi connectivity index (χ1n) is 9.71. The van der Waals surface area contributed by atoms with Crippen molar-refractivity contribution in [1.82, 2.24) is 19.5 Å².